The largest absolute Gasteiger partial charge is 0.493 e. The zero-order chi connectivity index (χ0) is 21.9. The van der Waals surface area contributed by atoms with Crippen LogP contribution in [0.1, 0.15) is 35.3 Å². The number of methoxy groups -OCH3 is 1. The van der Waals surface area contributed by atoms with E-state index >= 15 is 0 Å². The Bertz CT molecular complexity index is 1110. The van der Waals surface area contributed by atoms with Crippen molar-refractivity contribution < 1.29 is 14.6 Å². The van der Waals surface area contributed by atoms with Gasteiger partial charge >= 0.3 is 0 Å². The molecule has 1 amide bonds. The van der Waals surface area contributed by atoms with Gasteiger partial charge in [-0.2, -0.15) is 15.0 Å². The van der Waals surface area contributed by atoms with Crippen molar-refractivity contribution in [3.63, 3.8) is 0 Å². The van der Waals surface area contributed by atoms with Crippen molar-refractivity contribution in [3.05, 3.63) is 59.4 Å². The first-order chi connectivity index (χ1) is 14.3. The summed E-state index contributed by atoms with van der Waals surface area (Å²) in [6.45, 7) is 5.97. The van der Waals surface area contributed by atoms with Gasteiger partial charge in [-0.05, 0) is 56.2 Å². The molecule has 1 aromatic carbocycles. The summed E-state index contributed by atoms with van der Waals surface area (Å²) >= 11 is 0. The minimum atomic E-state index is -0.515. The number of aromatic nitrogens is 3. The van der Waals surface area contributed by atoms with Gasteiger partial charge in [-0.1, -0.05) is 6.07 Å². The van der Waals surface area contributed by atoms with Gasteiger partial charge in [-0.15, -0.1) is 0 Å². The molecule has 30 heavy (non-hydrogen) atoms. The number of pyridine rings is 1. The maximum atomic E-state index is 12.4. The summed E-state index contributed by atoms with van der Waals surface area (Å²) in [5.41, 5.74) is 2.57. The molecule has 0 aliphatic heterocycles. The number of carbonyl (C=O) groups is 1. The SMILES string of the molecule is COCC(C)(C)NC(=O)c1ccc(-n2ncc(-c3ccc(C#N)cc3C)c2O)nc1. The molecule has 0 atom stereocenters. The minimum absolute atomic E-state index is 0.0752. The molecule has 2 heterocycles. The number of benzene rings is 1. The quantitative estimate of drug-likeness (QED) is 0.652. The molecule has 2 N–H and O–H groups in total. The first-order valence-corrected chi connectivity index (χ1v) is 9.32. The molecule has 0 spiro atoms. The summed E-state index contributed by atoms with van der Waals surface area (Å²) in [5, 5.41) is 26.8. The third-order valence-corrected chi connectivity index (χ3v) is 4.57. The molecule has 0 fully saturated rings. The second kappa shape index (κ2) is 8.35. The fraction of sp³-hybridized carbons (Fsp3) is 0.273. The maximum absolute atomic E-state index is 12.4. The van der Waals surface area contributed by atoms with E-state index in [1.807, 2.05) is 20.8 Å². The Labute approximate surface area is 174 Å². The molecule has 0 radical (unpaired) electrons. The van der Waals surface area contributed by atoms with Crippen LogP contribution in [-0.2, 0) is 4.74 Å². The Hall–Kier alpha value is -3.70. The van der Waals surface area contributed by atoms with Crippen LogP contribution in [0.5, 0.6) is 5.88 Å². The van der Waals surface area contributed by atoms with Gasteiger partial charge in [0.25, 0.3) is 5.91 Å². The predicted molar refractivity (Wildman–Crippen MR) is 111 cm³/mol. The van der Waals surface area contributed by atoms with E-state index in [0.717, 1.165) is 11.1 Å². The van der Waals surface area contributed by atoms with E-state index in [1.54, 1.807) is 43.6 Å². The van der Waals surface area contributed by atoms with E-state index in [9.17, 15) is 9.90 Å². The number of nitriles is 1. The number of ether oxygens (including phenoxy) is 1. The average molecular weight is 405 g/mol. The van der Waals surface area contributed by atoms with E-state index in [-0.39, 0.29) is 11.8 Å². The Morgan fingerprint density at radius 2 is 2.03 bits per heavy atom. The number of aromatic hydroxyl groups is 1. The van der Waals surface area contributed by atoms with Crippen LogP contribution in [0, 0.1) is 18.3 Å². The van der Waals surface area contributed by atoms with Crippen LogP contribution in [0.4, 0.5) is 0 Å². The Morgan fingerprint density at radius 3 is 2.63 bits per heavy atom. The van der Waals surface area contributed by atoms with E-state index in [1.165, 1.54) is 10.9 Å². The molecule has 154 valence electrons. The van der Waals surface area contributed by atoms with Crippen LogP contribution in [0.3, 0.4) is 0 Å². The topological polar surface area (TPSA) is 113 Å². The Balaban J connectivity index is 1.85. The summed E-state index contributed by atoms with van der Waals surface area (Å²) < 4.78 is 6.40. The minimum Gasteiger partial charge on any atom is -0.493 e. The summed E-state index contributed by atoms with van der Waals surface area (Å²) in [6.07, 6.45) is 2.97. The van der Waals surface area contributed by atoms with E-state index in [0.29, 0.717) is 29.1 Å². The van der Waals surface area contributed by atoms with E-state index in [2.05, 4.69) is 21.5 Å². The number of hydrogen-bond donors (Lipinski definition) is 2. The third-order valence-electron chi connectivity index (χ3n) is 4.57. The van der Waals surface area contributed by atoms with Crippen molar-refractivity contribution in [2.24, 2.45) is 0 Å². The van der Waals surface area contributed by atoms with Gasteiger partial charge in [-0.3, -0.25) is 4.79 Å². The molecule has 8 heteroatoms. The molecule has 0 aliphatic carbocycles. The van der Waals surface area contributed by atoms with Gasteiger partial charge in [0.2, 0.25) is 5.88 Å². The van der Waals surface area contributed by atoms with Gasteiger partial charge in [0.05, 0.1) is 41.1 Å². The number of rotatable bonds is 6. The Kier molecular flexibility index (Phi) is 5.85. The van der Waals surface area contributed by atoms with Crippen molar-refractivity contribution in [2.45, 2.75) is 26.3 Å². The highest BCUT2D eigenvalue weighted by Crippen LogP contribution is 2.33. The molecule has 0 saturated heterocycles. The fourth-order valence-electron chi connectivity index (χ4n) is 3.16. The van der Waals surface area contributed by atoms with Gasteiger partial charge in [0.1, 0.15) is 0 Å². The molecule has 3 rings (SSSR count). The number of nitrogens with one attached hydrogen (secondary N) is 1. The van der Waals surface area contributed by atoms with E-state index in [4.69, 9.17) is 10.00 Å². The maximum Gasteiger partial charge on any atom is 0.253 e. The van der Waals surface area contributed by atoms with Gasteiger partial charge in [0, 0.05) is 13.3 Å². The lowest BCUT2D eigenvalue weighted by Gasteiger charge is -2.25. The van der Waals surface area contributed by atoms with Crippen LogP contribution < -0.4 is 5.32 Å². The molecular weight excluding hydrogens is 382 g/mol. The van der Waals surface area contributed by atoms with Crippen molar-refractivity contribution in [2.75, 3.05) is 13.7 Å². The smallest absolute Gasteiger partial charge is 0.253 e. The monoisotopic (exact) mass is 405 g/mol. The Morgan fingerprint density at radius 1 is 1.27 bits per heavy atom. The lowest BCUT2D eigenvalue weighted by Crippen LogP contribution is -2.46. The number of nitrogens with zero attached hydrogens (tertiary/aromatic N) is 4. The predicted octanol–water partition coefficient (Wildman–Crippen LogP) is 2.97. The van der Waals surface area contributed by atoms with Crippen LogP contribution in [0.2, 0.25) is 0 Å². The lowest BCUT2D eigenvalue weighted by atomic mass is 10.0. The van der Waals surface area contributed by atoms with Crippen molar-refractivity contribution in [1.82, 2.24) is 20.1 Å². The molecule has 0 saturated carbocycles. The summed E-state index contributed by atoms with van der Waals surface area (Å²) in [5.74, 6) is 0.0289. The summed E-state index contributed by atoms with van der Waals surface area (Å²) in [4.78, 5) is 16.7. The average Bonchev–Trinajstić information content (AvgIpc) is 3.08. The highest BCUT2D eigenvalue weighted by atomic mass is 16.5. The molecule has 3 aromatic rings. The second-order valence-corrected chi connectivity index (χ2v) is 7.61. The second-order valence-electron chi connectivity index (χ2n) is 7.61. The van der Waals surface area contributed by atoms with Crippen molar-refractivity contribution in [3.8, 4) is 28.9 Å². The molecule has 0 aliphatic rings. The zero-order valence-electron chi connectivity index (χ0n) is 17.3. The van der Waals surface area contributed by atoms with Crippen molar-refractivity contribution >= 4 is 5.91 Å². The van der Waals surface area contributed by atoms with Crippen molar-refractivity contribution in [1.29, 1.82) is 5.26 Å². The van der Waals surface area contributed by atoms with Gasteiger partial charge in [0.15, 0.2) is 5.82 Å². The number of carbonyl (C=O) groups excluding carboxylic acids is 1. The molecule has 0 bridgehead atoms. The molecule has 0 unspecified atom stereocenters. The number of hydrogen-bond acceptors (Lipinski definition) is 6. The summed E-state index contributed by atoms with van der Waals surface area (Å²) in [6, 6.07) is 10.5. The summed E-state index contributed by atoms with van der Waals surface area (Å²) in [7, 11) is 1.58. The molecular formula is C22H23N5O3. The normalized spacial score (nSPS) is 11.2. The van der Waals surface area contributed by atoms with Gasteiger partial charge in [-0.25, -0.2) is 4.98 Å². The fourth-order valence-corrected chi connectivity index (χ4v) is 3.16. The number of amides is 1. The lowest BCUT2D eigenvalue weighted by molar-refractivity contribution is 0.0819. The van der Waals surface area contributed by atoms with Crippen LogP contribution in [-0.4, -0.2) is 45.0 Å². The number of aryl methyl sites for hydroxylation is 1. The highest BCUT2D eigenvalue weighted by molar-refractivity contribution is 5.94. The standard InChI is InChI=1S/C22H23N5O3/c1-14-9-15(10-23)5-7-17(14)18-12-25-27(21(18)29)19-8-6-16(11-24-19)20(28)26-22(2,3)13-30-4/h5-9,11-12,29H,13H2,1-4H3,(H,26,28). The molecule has 8 nitrogen and oxygen atoms in total. The van der Waals surface area contributed by atoms with Crippen LogP contribution >= 0.6 is 0 Å². The van der Waals surface area contributed by atoms with Crippen LogP contribution in [0.15, 0.2) is 42.7 Å². The van der Waals surface area contributed by atoms with E-state index < -0.39 is 5.54 Å². The highest BCUT2D eigenvalue weighted by Gasteiger charge is 2.21. The first-order valence-electron chi connectivity index (χ1n) is 9.32. The van der Waals surface area contributed by atoms with Crippen LogP contribution in [0.25, 0.3) is 16.9 Å². The zero-order valence-corrected chi connectivity index (χ0v) is 17.3. The van der Waals surface area contributed by atoms with Gasteiger partial charge < -0.3 is 15.2 Å². The third kappa shape index (κ3) is 4.31. The first kappa shape index (κ1) is 21.0. The molecule has 2 aromatic heterocycles.